The summed E-state index contributed by atoms with van der Waals surface area (Å²) in [5.41, 5.74) is 0. The third-order valence-corrected chi connectivity index (χ3v) is 3.49. The molecule has 0 radical (unpaired) electrons. The van der Waals surface area contributed by atoms with Crippen molar-refractivity contribution in [3.05, 3.63) is 12.2 Å². The molecule has 0 aromatic rings. The van der Waals surface area contributed by atoms with E-state index in [2.05, 4.69) is 44.4 Å². The molecular weight excluding hydrogens is 316 g/mol. The average Bonchev–Trinajstić information content (AvgIpc) is 2.55. The predicted octanol–water partition coefficient (Wildman–Crippen LogP) is 2.95. The number of unbranched alkanes of at least 4 members (excludes halogenated alkanes) is 1. The fourth-order valence-electron chi connectivity index (χ4n) is 2.13. The molecule has 0 fully saturated rings. The van der Waals surface area contributed by atoms with Gasteiger partial charge in [0, 0.05) is 32.2 Å². The Morgan fingerprint density at radius 1 is 0.960 bits per heavy atom. The van der Waals surface area contributed by atoms with E-state index in [0.717, 1.165) is 45.6 Å². The van der Waals surface area contributed by atoms with Gasteiger partial charge in [0.25, 0.3) is 0 Å². The molecule has 0 saturated heterocycles. The molecule has 0 aliphatic carbocycles. The SMILES string of the molecule is CC(C)/C=C/COCCNCC(=O)CCCCOCCCNC(C)C. The largest absolute Gasteiger partial charge is 0.381 e. The summed E-state index contributed by atoms with van der Waals surface area (Å²) in [7, 11) is 0. The summed E-state index contributed by atoms with van der Waals surface area (Å²) in [6, 6.07) is 0.535. The van der Waals surface area contributed by atoms with Gasteiger partial charge in [-0.3, -0.25) is 4.79 Å². The van der Waals surface area contributed by atoms with Crippen LogP contribution in [0.3, 0.4) is 0 Å². The minimum Gasteiger partial charge on any atom is -0.381 e. The van der Waals surface area contributed by atoms with Crippen LogP contribution in [0.2, 0.25) is 0 Å². The van der Waals surface area contributed by atoms with Crippen molar-refractivity contribution in [3.8, 4) is 0 Å². The maximum atomic E-state index is 11.7. The van der Waals surface area contributed by atoms with Gasteiger partial charge in [0.2, 0.25) is 0 Å². The van der Waals surface area contributed by atoms with Crippen molar-refractivity contribution in [3.63, 3.8) is 0 Å². The Labute approximate surface area is 154 Å². The Kier molecular flexibility index (Phi) is 17.5. The summed E-state index contributed by atoms with van der Waals surface area (Å²) in [5.74, 6) is 0.826. The normalized spacial score (nSPS) is 11.9. The van der Waals surface area contributed by atoms with E-state index in [1.807, 2.05) is 6.08 Å². The van der Waals surface area contributed by atoms with Crippen LogP contribution in [0.15, 0.2) is 12.2 Å². The molecule has 5 heteroatoms. The van der Waals surface area contributed by atoms with Gasteiger partial charge in [-0.1, -0.05) is 39.8 Å². The van der Waals surface area contributed by atoms with Crippen molar-refractivity contribution in [2.45, 2.75) is 59.4 Å². The van der Waals surface area contributed by atoms with Gasteiger partial charge in [-0.15, -0.1) is 0 Å². The van der Waals surface area contributed by atoms with Gasteiger partial charge < -0.3 is 20.1 Å². The quantitative estimate of drug-likeness (QED) is 0.292. The standard InChI is InChI=1S/C20H40N2O3/c1-18(2)9-7-14-25-16-12-21-17-20(23)10-5-6-13-24-15-8-11-22-19(3)4/h7,9,18-19,21-22H,5-6,8,10-17H2,1-4H3/b9-7+. The number of hydrogen-bond donors (Lipinski definition) is 2. The molecule has 25 heavy (non-hydrogen) atoms. The molecule has 5 nitrogen and oxygen atoms in total. The smallest absolute Gasteiger partial charge is 0.146 e. The Morgan fingerprint density at radius 2 is 1.72 bits per heavy atom. The summed E-state index contributed by atoms with van der Waals surface area (Å²) in [6.07, 6.45) is 7.69. The Morgan fingerprint density at radius 3 is 2.44 bits per heavy atom. The maximum absolute atomic E-state index is 11.7. The van der Waals surface area contributed by atoms with E-state index < -0.39 is 0 Å². The molecule has 0 aromatic carbocycles. The second kappa shape index (κ2) is 18.1. The lowest BCUT2D eigenvalue weighted by Crippen LogP contribution is -2.26. The van der Waals surface area contributed by atoms with E-state index >= 15 is 0 Å². The van der Waals surface area contributed by atoms with E-state index in [4.69, 9.17) is 9.47 Å². The molecule has 148 valence electrons. The minimum absolute atomic E-state index is 0.265. The van der Waals surface area contributed by atoms with Crippen LogP contribution < -0.4 is 10.6 Å². The number of Topliss-reactive ketones (excluding diaryl/α,β-unsaturated/α-hetero) is 1. The third-order valence-electron chi connectivity index (χ3n) is 3.49. The molecular formula is C20H40N2O3. The van der Waals surface area contributed by atoms with E-state index in [0.29, 0.717) is 38.1 Å². The second-order valence-corrected chi connectivity index (χ2v) is 6.99. The Balaban J connectivity index is 3.23. The molecule has 0 amide bonds. The summed E-state index contributed by atoms with van der Waals surface area (Å²) in [4.78, 5) is 11.7. The lowest BCUT2D eigenvalue weighted by atomic mass is 10.2. The molecule has 0 saturated carbocycles. The van der Waals surface area contributed by atoms with E-state index in [1.54, 1.807) is 0 Å². The van der Waals surface area contributed by atoms with Crippen LogP contribution in [0.5, 0.6) is 0 Å². The first-order chi connectivity index (χ1) is 12.0. The molecule has 0 heterocycles. The van der Waals surface area contributed by atoms with Gasteiger partial charge in [-0.25, -0.2) is 0 Å². The summed E-state index contributed by atoms with van der Waals surface area (Å²) in [5, 5.41) is 6.49. The monoisotopic (exact) mass is 356 g/mol. The van der Waals surface area contributed by atoms with Crippen LogP contribution in [0.25, 0.3) is 0 Å². The van der Waals surface area contributed by atoms with Gasteiger partial charge in [0.15, 0.2) is 0 Å². The van der Waals surface area contributed by atoms with Gasteiger partial charge in [0.05, 0.1) is 19.8 Å². The Hall–Kier alpha value is -0.750. The molecule has 0 aliphatic heterocycles. The van der Waals surface area contributed by atoms with Crippen LogP contribution in [0.4, 0.5) is 0 Å². The molecule has 0 rings (SSSR count). The molecule has 0 atom stereocenters. The lowest BCUT2D eigenvalue weighted by Gasteiger charge is -2.08. The predicted molar refractivity (Wildman–Crippen MR) is 105 cm³/mol. The van der Waals surface area contributed by atoms with Gasteiger partial charge in [-0.2, -0.15) is 0 Å². The first-order valence-corrected chi connectivity index (χ1v) is 9.80. The number of hydrogen-bond acceptors (Lipinski definition) is 5. The van der Waals surface area contributed by atoms with Crippen LogP contribution in [-0.4, -0.2) is 57.9 Å². The van der Waals surface area contributed by atoms with Crippen molar-refractivity contribution in [1.29, 1.82) is 0 Å². The highest BCUT2D eigenvalue weighted by atomic mass is 16.5. The van der Waals surface area contributed by atoms with Gasteiger partial charge >= 0.3 is 0 Å². The molecule has 2 N–H and O–H groups in total. The van der Waals surface area contributed by atoms with E-state index in [1.165, 1.54) is 0 Å². The molecule has 0 bridgehead atoms. The first kappa shape index (κ1) is 24.2. The van der Waals surface area contributed by atoms with Crippen molar-refractivity contribution in [2.24, 2.45) is 5.92 Å². The Bertz CT molecular complexity index is 331. The third kappa shape index (κ3) is 21.2. The van der Waals surface area contributed by atoms with Crippen molar-refractivity contribution in [1.82, 2.24) is 10.6 Å². The van der Waals surface area contributed by atoms with Crippen LogP contribution >= 0.6 is 0 Å². The van der Waals surface area contributed by atoms with E-state index in [9.17, 15) is 4.79 Å². The number of carbonyl (C=O) groups is 1. The fraction of sp³-hybridized carbons (Fsp3) is 0.850. The second-order valence-electron chi connectivity index (χ2n) is 6.99. The number of nitrogens with one attached hydrogen (secondary N) is 2. The average molecular weight is 357 g/mol. The molecule has 0 aromatic heterocycles. The van der Waals surface area contributed by atoms with Crippen molar-refractivity contribution in [2.75, 3.05) is 46.1 Å². The topological polar surface area (TPSA) is 59.6 Å². The highest BCUT2D eigenvalue weighted by Crippen LogP contribution is 1.97. The van der Waals surface area contributed by atoms with E-state index in [-0.39, 0.29) is 5.78 Å². The van der Waals surface area contributed by atoms with Crippen LogP contribution in [0, 0.1) is 5.92 Å². The van der Waals surface area contributed by atoms with Crippen LogP contribution in [-0.2, 0) is 14.3 Å². The molecule has 0 spiro atoms. The highest BCUT2D eigenvalue weighted by molar-refractivity contribution is 5.80. The minimum atomic E-state index is 0.265. The zero-order valence-corrected chi connectivity index (χ0v) is 16.8. The number of ketones is 1. The lowest BCUT2D eigenvalue weighted by molar-refractivity contribution is -0.118. The summed E-state index contributed by atoms with van der Waals surface area (Å²) < 4.78 is 11.0. The summed E-state index contributed by atoms with van der Waals surface area (Å²) in [6.45, 7) is 13.5. The maximum Gasteiger partial charge on any atom is 0.146 e. The fourth-order valence-corrected chi connectivity index (χ4v) is 2.13. The number of allylic oxidation sites excluding steroid dienone is 1. The van der Waals surface area contributed by atoms with Crippen molar-refractivity contribution < 1.29 is 14.3 Å². The molecule has 0 aliphatic rings. The molecule has 0 unspecified atom stereocenters. The van der Waals surface area contributed by atoms with Gasteiger partial charge in [-0.05, 0) is 31.7 Å². The number of ether oxygens (including phenoxy) is 2. The number of carbonyl (C=O) groups excluding carboxylic acids is 1. The van der Waals surface area contributed by atoms with Crippen LogP contribution in [0.1, 0.15) is 53.4 Å². The van der Waals surface area contributed by atoms with Crippen molar-refractivity contribution >= 4 is 5.78 Å². The number of rotatable bonds is 18. The highest BCUT2D eigenvalue weighted by Gasteiger charge is 2.01. The van der Waals surface area contributed by atoms with Gasteiger partial charge in [0.1, 0.15) is 5.78 Å². The summed E-state index contributed by atoms with van der Waals surface area (Å²) >= 11 is 0. The first-order valence-electron chi connectivity index (χ1n) is 9.80. The zero-order chi connectivity index (χ0) is 18.8. The zero-order valence-electron chi connectivity index (χ0n) is 16.8.